The van der Waals surface area contributed by atoms with Crippen LogP contribution in [0.25, 0.3) is 11.5 Å². The lowest BCUT2D eigenvalue weighted by Gasteiger charge is -2.20. The first kappa shape index (κ1) is 16.5. The number of nitrogens with zero attached hydrogens (tertiary/aromatic N) is 2. The number of methoxy groups -OCH3 is 1. The highest BCUT2D eigenvalue weighted by atomic mass is 16.5. The van der Waals surface area contributed by atoms with Crippen LogP contribution in [0.1, 0.15) is 44.3 Å². The van der Waals surface area contributed by atoms with Gasteiger partial charge in [0.25, 0.3) is 5.89 Å². The second kappa shape index (κ2) is 7.95. The van der Waals surface area contributed by atoms with E-state index in [1.807, 2.05) is 24.3 Å². The lowest BCUT2D eigenvalue weighted by atomic mass is 9.87. The van der Waals surface area contributed by atoms with Crippen molar-refractivity contribution in [3.8, 4) is 17.2 Å². The Hall–Kier alpha value is -2.37. The molecule has 3 rings (SSSR count). The Labute approximate surface area is 141 Å². The summed E-state index contributed by atoms with van der Waals surface area (Å²) >= 11 is 0. The topological polar surface area (TPSA) is 74.5 Å². The number of rotatable bonds is 6. The fraction of sp³-hybridized carbons (Fsp3) is 0.500. The maximum atomic E-state index is 11.9. The molecule has 1 aliphatic carbocycles. The molecule has 1 aromatic carbocycles. The van der Waals surface area contributed by atoms with Crippen LogP contribution in [0.3, 0.4) is 0 Å². The first-order chi connectivity index (χ1) is 11.7. The van der Waals surface area contributed by atoms with Crippen LogP contribution in [-0.2, 0) is 16.1 Å². The molecule has 2 aromatic rings. The maximum Gasteiger partial charge on any atom is 0.306 e. The molecule has 1 fully saturated rings. The molecule has 1 aromatic heterocycles. The van der Waals surface area contributed by atoms with Gasteiger partial charge in [0.2, 0.25) is 5.82 Å². The van der Waals surface area contributed by atoms with Crippen LogP contribution in [0, 0.1) is 5.92 Å². The predicted octanol–water partition coefficient (Wildman–Crippen LogP) is 3.76. The summed E-state index contributed by atoms with van der Waals surface area (Å²) in [7, 11) is 1.61. The van der Waals surface area contributed by atoms with Crippen LogP contribution in [0.4, 0.5) is 0 Å². The zero-order chi connectivity index (χ0) is 16.8. The van der Waals surface area contributed by atoms with Gasteiger partial charge in [-0.2, -0.15) is 4.98 Å². The summed E-state index contributed by atoms with van der Waals surface area (Å²) in [6.07, 6.45) is 6.45. The van der Waals surface area contributed by atoms with Crippen molar-refractivity contribution in [3.05, 3.63) is 30.1 Å². The smallest absolute Gasteiger partial charge is 0.306 e. The number of benzene rings is 1. The van der Waals surface area contributed by atoms with Crippen molar-refractivity contribution in [2.24, 2.45) is 5.92 Å². The highest BCUT2D eigenvalue weighted by molar-refractivity contribution is 5.69. The minimum absolute atomic E-state index is 0.0468. The molecule has 0 radical (unpaired) electrons. The number of aromatic nitrogens is 2. The number of esters is 1. The van der Waals surface area contributed by atoms with Gasteiger partial charge in [-0.3, -0.25) is 4.79 Å². The van der Waals surface area contributed by atoms with E-state index in [-0.39, 0.29) is 12.6 Å². The number of carbonyl (C=O) groups is 1. The highest BCUT2D eigenvalue weighted by Crippen LogP contribution is 2.26. The van der Waals surface area contributed by atoms with E-state index in [0.717, 1.165) is 24.2 Å². The van der Waals surface area contributed by atoms with Crippen molar-refractivity contribution in [1.82, 2.24) is 10.1 Å². The molecule has 0 saturated heterocycles. The maximum absolute atomic E-state index is 11.9. The standard InChI is InChI=1S/C18H22N2O4/c1-22-15-9-7-14(8-10-15)18-19-16(20-24-18)12-23-17(21)11-13-5-3-2-4-6-13/h7-10,13H,2-6,11-12H2,1H3. The molecule has 1 heterocycles. The third-order valence-electron chi connectivity index (χ3n) is 4.35. The van der Waals surface area contributed by atoms with Crippen LogP contribution < -0.4 is 4.74 Å². The Morgan fingerprint density at radius 2 is 1.96 bits per heavy atom. The number of carbonyl (C=O) groups excluding carboxylic acids is 1. The van der Waals surface area contributed by atoms with Crippen LogP contribution in [0.2, 0.25) is 0 Å². The number of ether oxygens (including phenoxy) is 2. The molecule has 0 N–H and O–H groups in total. The zero-order valence-corrected chi connectivity index (χ0v) is 13.9. The quantitative estimate of drug-likeness (QED) is 0.751. The van der Waals surface area contributed by atoms with Crippen molar-refractivity contribution < 1.29 is 18.8 Å². The van der Waals surface area contributed by atoms with E-state index >= 15 is 0 Å². The summed E-state index contributed by atoms with van der Waals surface area (Å²) in [5.74, 6) is 1.81. The summed E-state index contributed by atoms with van der Waals surface area (Å²) < 4.78 is 15.6. The SMILES string of the molecule is COc1ccc(-c2nc(COC(=O)CC3CCCCC3)no2)cc1. The summed E-state index contributed by atoms with van der Waals surface area (Å²) in [5, 5.41) is 3.86. The Balaban J connectivity index is 1.50. The average molecular weight is 330 g/mol. The second-order valence-corrected chi connectivity index (χ2v) is 6.11. The Bertz CT molecular complexity index is 660. The molecule has 6 heteroatoms. The molecular formula is C18H22N2O4. The lowest BCUT2D eigenvalue weighted by Crippen LogP contribution is -2.14. The fourth-order valence-electron chi connectivity index (χ4n) is 2.99. The van der Waals surface area contributed by atoms with Crippen LogP contribution in [-0.4, -0.2) is 23.2 Å². The molecule has 1 aliphatic rings. The van der Waals surface area contributed by atoms with Crippen LogP contribution in [0.15, 0.2) is 28.8 Å². The van der Waals surface area contributed by atoms with Gasteiger partial charge in [-0.1, -0.05) is 24.4 Å². The Kier molecular flexibility index (Phi) is 5.46. The third kappa shape index (κ3) is 4.34. The molecule has 128 valence electrons. The zero-order valence-electron chi connectivity index (χ0n) is 13.9. The molecular weight excluding hydrogens is 308 g/mol. The average Bonchev–Trinajstić information content (AvgIpc) is 3.10. The summed E-state index contributed by atoms with van der Waals surface area (Å²) in [6, 6.07) is 7.32. The van der Waals surface area contributed by atoms with Gasteiger partial charge in [-0.25, -0.2) is 0 Å². The van der Waals surface area contributed by atoms with Gasteiger partial charge in [0.05, 0.1) is 7.11 Å². The number of hydrogen-bond donors (Lipinski definition) is 0. The molecule has 0 atom stereocenters. The van der Waals surface area contributed by atoms with E-state index in [9.17, 15) is 4.79 Å². The minimum Gasteiger partial charge on any atom is -0.497 e. The van der Waals surface area contributed by atoms with Crippen molar-refractivity contribution in [1.29, 1.82) is 0 Å². The Morgan fingerprint density at radius 1 is 1.21 bits per heavy atom. The van der Waals surface area contributed by atoms with Crippen molar-refractivity contribution in [2.75, 3.05) is 7.11 Å². The van der Waals surface area contributed by atoms with Gasteiger partial charge in [0.15, 0.2) is 6.61 Å². The molecule has 6 nitrogen and oxygen atoms in total. The molecule has 1 saturated carbocycles. The molecule has 0 unspecified atom stereocenters. The lowest BCUT2D eigenvalue weighted by molar-refractivity contribution is -0.146. The number of hydrogen-bond acceptors (Lipinski definition) is 6. The third-order valence-corrected chi connectivity index (χ3v) is 4.35. The molecule has 0 bridgehead atoms. The van der Waals surface area contributed by atoms with Gasteiger partial charge in [0, 0.05) is 12.0 Å². The van der Waals surface area contributed by atoms with Gasteiger partial charge in [0.1, 0.15) is 5.75 Å². The Morgan fingerprint density at radius 3 is 2.67 bits per heavy atom. The predicted molar refractivity (Wildman–Crippen MR) is 87.3 cm³/mol. The van der Waals surface area contributed by atoms with Crippen LogP contribution >= 0.6 is 0 Å². The monoisotopic (exact) mass is 330 g/mol. The molecule has 0 aliphatic heterocycles. The van der Waals surface area contributed by atoms with E-state index in [1.165, 1.54) is 19.3 Å². The van der Waals surface area contributed by atoms with Crippen molar-refractivity contribution in [2.45, 2.75) is 45.1 Å². The van der Waals surface area contributed by atoms with Crippen LogP contribution in [0.5, 0.6) is 5.75 Å². The van der Waals surface area contributed by atoms with Gasteiger partial charge in [-0.15, -0.1) is 0 Å². The van der Waals surface area contributed by atoms with E-state index in [2.05, 4.69) is 10.1 Å². The van der Waals surface area contributed by atoms with Crippen molar-refractivity contribution >= 4 is 5.97 Å². The van der Waals surface area contributed by atoms with Gasteiger partial charge < -0.3 is 14.0 Å². The van der Waals surface area contributed by atoms with E-state index in [0.29, 0.717) is 24.1 Å². The first-order valence-corrected chi connectivity index (χ1v) is 8.37. The molecule has 0 amide bonds. The summed E-state index contributed by atoms with van der Waals surface area (Å²) in [5.41, 5.74) is 0.795. The van der Waals surface area contributed by atoms with Gasteiger partial charge in [-0.05, 0) is 43.0 Å². The van der Waals surface area contributed by atoms with E-state index in [4.69, 9.17) is 14.0 Å². The summed E-state index contributed by atoms with van der Waals surface area (Å²) in [6.45, 7) is 0.0468. The van der Waals surface area contributed by atoms with Gasteiger partial charge >= 0.3 is 5.97 Å². The van der Waals surface area contributed by atoms with Crippen molar-refractivity contribution in [3.63, 3.8) is 0 Å². The fourth-order valence-corrected chi connectivity index (χ4v) is 2.99. The minimum atomic E-state index is -0.183. The molecule has 0 spiro atoms. The normalized spacial score (nSPS) is 15.2. The molecule has 24 heavy (non-hydrogen) atoms. The van der Waals surface area contributed by atoms with E-state index < -0.39 is 0 Å². The second-order valence-electron chi connectivity index (χ2n) is 6.11. The highest BCUT2D eigenvalue weighted by Gasteiger charge is 2.18. The largest absolute Gasteiger partial charge is 0.497 e. The summed E-state index contributed by atoms with van der Waals surface area (Å²) in [4.78, 5) is 16.2. The first-order valence-electron chi connectivity index (χ1n) is 8.37. The van der Waals surface area contributed by atoms with E-state index in [1.54, 1.807) is 7.11 Å².